The number of hydrogen-bond acceptors (Lipinski definition) is 6. The number of thioether (sulfide) groups is 1. The molecule has 30 heavy (non-hydrogen) atoms. The Balaban J connectivity index is 1.59. The molecular formula is C22H19N5O2S. The van der Waals surface area contributed by atoms with Gasteiger partial charge in [-0.1, -0.05) is 36.0 Å². The van der Waals surface area contributed by atoms with Crippen LogP contribution in [0.15, 0.2) is 84.1 Å². The summed E-state index contributed by atoms with van der Waals surface area (Å²) in [7, 11) is 1.63. The van der Waals surface area contributed by atoms with Crippen molar-refractivity contribution in [3.8, 4) is 22.8 Å². The Morgan fingerprint density at radius 1 is 1.00 bits per heavy atom. The van der Waals surface area contributed by atoms with Crippen LogP contribution in [0.2, 0.25) is 0 Å². The standard InChI is InChI=1S/C22H19N5O2S/c1-29-18-12-10-16(11-13-18)21-25-26-22(27(21)17-7-3-2-4-8-17)30-15-20(28)24-19-9-5-6-14-23-19/h2-14H,15H2,1H3,(H,23,24,28). The monoisotopic (exact) mass is 417 g/mol. The van der Waals surface area contributed by atoms with E-state index in [0.29, 0.717) is 16.8 Å². The van der Waals surface area contributed by atoms with Gasteiger partial charge in [0.15, 0.2) is 11.0 Å². The molecule has 2 heterocycles. The molecule has 2 aromatic carbocycles. The first-order chi connectivity index (χ1) is 14.7. The lowest BCUT2D eigenvalue weighted by Gasteiger charge is -2.10. The zero-order valence-corrected chi connectivity index (χ0v) is 17.0. The molecule has 1 amide bonds. The van der Waals surface area contributed by atoms with Crippen molar-refractivity contribution in [2.75, 3.05) is 18.2 Å². The van der Waals surface area contributed by atoms with E-state index < -0.39 is 0 Å². The second kappa shape index (κ2) is 9.23. The number of hydrogen-bond donors (Lipinski definition) is 1. The summed E-state index contributed by atoms with van der Waals surface area (Å²) in [6.07, 6.45) is 1.63. The molecule has 1 N–H and O–H groups in total. The maximum atomic E-state index is 12.3. The van der Waals surface area contributed by atoms with Gasteiger partial charge in [-0.05, 0) is 48.5 Å². The van der Waals surface area contributed by atoms with Crippen LogP contribution in [-0.4, -0.2) is 38.5 Å². The largest absolute Gasteiger partial charge is 0.497 e. The van der Waals surface area contributed by atoms with Crippen LogP contribution in [0.5, 0.6) is 5.75 Å². The molecule has 0 saturated carbocycles. The fourth-order valence-corrected chi connectivity index (χ4v) is 3.60. The van der Waals surface area contributed by atoms with Crippen LogP contribution in [-0.2, 0) is 4.79 Å². The van der Waals surface area contributed by atoms with E-state index in [9.17, 15) is 4.79 Å². The number of anilines is 1. The highest BCUT2D eigenvalue weighted by molar-refractivity contribution is 7.99. The highest BCUT2D eigenvalue weighted by Crippen LogP contribution is 2.29. The highest BCUT2D eigenvalue weighted by atomic mass is 32.2. The van der Waals surface area contributed by atoms with Gasteiger partial charge in [0.25, 0.3) is 0 Å². The number of methoxy groups -OCH3 is 1. The minimum atomic E-state index is -0.160. The van der Waals surface area contributed by atoms with Crippen molar-refractivity contribution in [2.24, 2.45) is 0 Å². The number of rotatable bonds is 7. The summed E-state index contributed by atoms with van der Waals surface area (Å²) in [6.45, 7) is 0. The first-order valence-corrected chi connectivity index (χ1v) is 10.2. The summed E-state index contributed by atoms with van der Waals surface area (Å²) in [4.78, 5) is 16.4. The van der Waals surface area contributed by atoms with E-state index in [-0.39, 0.29) is 11.7 Å². The molecule has 2 aromatic heterocycles. The molecule has 0 spiro atoms. The lowest BCUT2D eigenvalue weighted by atomic mass is 10.2. The third-order valence-electron chi connectivity index (χ3n) is 4.26. The molecule has 0 radical (unpaired) electrons. The minimum Gasteiger partial charge on any atom is -0.497 e. The normalized spacial score (nSPS) is 10.6. The van der Waals surface area contributed by atoms with Gasteiger partial charge < -0.3 is 10.1 Å². The van der Waals surface area contributed by atoms with Crippen LogP contribution in [0.3, 0.4) is 0 Å². The molecule has 4 rings (SSSR count). The van der Waals surface area contributed by atoms with E-state index in [1.807, 2.05) is 65.2 Å². The summed E-state index contributed by atoms with van der Waals surface area (Å²) >= 11 is 1.32. The van der Waals surface area contributed by atoms with Crippen LogP contribution < -0.4 is 10.1 Å². The molecule has 0 aliphatic carbocycles. The van der Waals surface area contributed by atoms with E-state index in [1.54, 1.807) is 25.4 Å². The fraction of sp³-hybridized carbons (Fsp3) is 0.0909. The molecule has 0 unspecified atom stereocenters. The van der Waals surface area contributed by atoms with E-state index >= 15 is 0 Å². The van der Waals surface area contributed by atoms with Gasteiger partial charge in [-0.25, -0.2) is 4.98 Å². The summed E-state index contributed by atoms with van der Waals surface area (Å²) in [5.74, 6) is 2.00. The van der Waals surface area contributed by atoms with E-state index in [4.69, 9.17) is 4.74 Å². The number of carbonyl (C=O) groups excluding carboxylic acids is 1. The second-order valence-corrected chi connectivity index (χ2v) is 7.20. The van der Waals surface area contributed by atoms with Crippen molar-refractivity contribution >= 4 is 23.5 Å². The van der Waals surface area contributed by atoms with Gasteiger partial charge in [0.1, 0.15) is 11.6 Å². The highest BCUT2D eigenvalue weighted by Gasteiger charge is 2.17. The topological polar surface area (TPSA) is 81.9 Å². The minimum absolute atomic E-state index is 0.160. The van der Waals surface area contributed by atoms with Crippen molar-refractivity contribution in [1.29, 1.82) is 0 Å². The molecule has 0 fully saturated rings. The molecule has 0 bridgehead atoms. The maximum absolute atomic E-state index is 12.3. The van der Waals surface area contributed by atoms with Crippen molar-refractivity contribution in [1.82, 2.24) is 19.7 Å². The van der Waals surface area contributed by atoms with Crippen LogP contribution in [0.1, 0.15) is 0 Å². The molecule has 4 aromatic rings. The van der Waals surface area contributed by atoms with E-state index in [1.165, 1.54) is 11.8 Å². The number of benzene rings is 2. The Labute approximate surface area is 178 Å². The molecule has 150 valence electrons. The fourth-order valence-electron chi connectivity index (χ4n) is 2.85. The summed E-state index contributed by atoms with van der Waals surface area (Å²) < 4.78 is 7.19. The zero-order valence-electron chi connectivity index (χ0n) is 16.2. The molecule has 0 saturated heterocycles. The average Bonchev–Trinajstić information content (AvgIpc) is 3.23. The molecule has 0 aliphatic rings. The van der Waals surface area contributed by atoms with E-state index in [0.717, 1.165) is 17.0 Å². The summed E-state index contributed by atoms with van der Waals surface area (Å²) in [6, 6.07) is 22.8. The van der Waals surface area contributed by atoms with Crippen molar-refractivity contribution in [3.63, 3.8) is 0 Å². The lowest BCUT2D eigenvalue weighted by molar-refractivity contribution is -0.113. The molecular weight excluding hydrogens is 398 g/mol. The quantitative estimate of drug-likeness (QED) is 0.457. The number of para-hydroxylation sites is 1. The predicted octanol–water partition coefficient (Wildman–Crippen LogP) is 4.07. The molecule has 7 nitrogen and oxygen atoms in total. The predicted molar refractivity (Wildman–Crippen MR) is 117 cm³/mol. The number of aromatic nitrogens is 4. The third-order valence-corrected chi connectivity index (χ3v) is 5.19. The van der Waals surface area contributed by atoms with Gasteiger partial charge in [-0.2, -0.15) is 0 Å². The number of nitrogens with one attached hydrogen (secondary N) is 1. The van der Waals surface area contributed by atoms with E-state index in [2.05, 4.69) is 20.5 Å². The Hall–Kier alpha value is -3.65. The Bertz CT molecular complexity index is 1120. The molecule has 0 aliphatic heterocycles. The van der Waals surface area contributed by atoms with Gasteiger partial charge in [-0.3, -0.25) is 9.36 Å². The zero-order chi connectivity index (χ0) is 20.8. The van der Waals surface area contributed by atoms with Crippen LogP contribution in [0.4, 0.5) is 5.82 Å². The Kier molecular flexibility index (Phi) is 6.05. The molecule has 8 heteroatoms. The number of nitrogens with zero attached hydrogens (tertiary/aromatic N) is 4. The van der Waals surface area contributed by atoms with Crippen molar-refractivity contribution in [2.45, 2.75) is 5.16 Å². The second-order valence-electron chi connectivity index (χ2n) is 6.26. The van der Waals surface area contributed by atoms with Crippen LogP contribution in [0.25, 0.3) is 17.1 Å². The van der Waals surface area contributed by atoms with Crippen LogP contribution in [0, 0.1) is 0 Å². The van der Waals surface area contributed by atoms with Crippen molar-refractivity contribution in [3.05, 3.63) is 79.0 Å². The van der Waals surface area contributed by atoms with Gasteiger partial charge in [0.05, 0.1) is 12.9 Å². The van der Waals surface area contributed by atoms with Gasteiger partial charge in [-0.15, -0.1) is 10.2 Å². The lowest BCUT2D eigenvalue weighted by Crippen LogP contribution is -2.15. The van der Waals surface area contributed by atoms with Gasteiger partial charge in [0.2, 0.25) is 5.91 Å². The van der Waals surface area contributed by atoms with Gasteiger partial charge >= 0.3 is 0 Å². The first-order valence-electron chi connectivity index (χ1n) is 9.23. The average molecular weight is 417 g/mol. The Morgan fingerprint density at radius 3 is 2.47 bits per heavy atom. The maximum Gasteiger partial charge on any atom is 0.236 e. The number of pyridine rings is 1. The SMILES string of the molecule is COc1ccc(-c2nnc(SCC(=O)Nc3ccccn3)n2-c2ccccc2)cc1. The smallest absolute Gasteiger partial charge is 0.236 e. The Morgan fingerprint density at radius 2 is 1.77 bits per heavy atom. The third kappa shape index (κ3) is 4.49. The van der Waals surface area contributed by atoms with Crippen LogP contribution >= 0.6 is 11.8 Å². The number of ether oxygens (including phenoxy) is 1. The number of carbonyl (C=O) groups is 1. The van der Waals surface area contributed by atoms with Gasteiger partial charge in [0, 0.05) is 17.4 Å². The van der Waals surface area contributed by atoms with Crippen molar-refractivity contribution < 1.29 is 9.53 Å². The summed E-state index contributed by atoms with van der Waals surface area (Å²) in [5, 5.41) is 12.1. The molecule has 0 atom stereocenters. The first kappa shape index (κ1) is 19.7. The number of amides is 1. The summed E-state index contributed by atoms with van der Waals surface area (Å²) in [5.41, 5.74) is 1.82.